The van der Waals surface area contributed by atoms with E-state index in [4.69, 9.17) is 11.5 Å². The van der Waals surface area contributed by atoms with Crippen molar-refractivity contribution < 1.29 is 24.3 Å². The number of nitrogens with one attached hydrogen (secondary N) is 3. The van der Waals surface area contributed by atoms with Crippen molar-refractivity contribution in [3.63, 3.8) is 0 Å². The molecule has 0 spiro atoms. The highest BCUT2D eigenvalue weighted by Crippen LogP contribution is 2.12. The Morgan fingerprint density at radius 1 is 0.889 bits per heavy atom. The third-order valence-corrected chi connectivity index (χ3v) is 6.24. The molecular formula is C26H43N5O5. The Kier molecular flexibility index (Phi) is 13.7. The first kappa shape index (κ1) is 31.1. The van der Waals surface area contributed by atoms with E-state index < -0.39 is 47.9 Å². The first-order chi connectivity index (χ1) is 17.0. The van der Waals surface area contributed by atoms with E-state index in [1.54, 1.807) is 13.8 Å². The molecule has 1 rings (SSSR count). The number of carbonyl (C=O) groups excluding carboxylic acids is 3. The van der Waals surface area contributed by atoms with Crippen LogP contribution in [0.15, 0.2) is 30.3 Å². The second-order valence-corrected chi connectivity index (χ2v) is 9.58. The molecule has 0 bridgehead atoms. The Morgan fingerprint density at radius 3 is 2.00 bits per heavy atom. The first-order valence-electron chi connectivity index (χ1n) is 12.6. The third-order valence-electron chi connectivity index (χ3n) is 6.24. The monoisotopic (exact) mass is 505 g/mol. The molecule has 0 aromatic heterocycles. The van der Waals surface area contributed by atoms with Crippen LogP contribution in [0.1, 0.15) is 58.9 Å². The molecule has 0 saturated carbocycles. The number of carbonyl (C=O) groups is 4. The number of aliphatic carboxylic acids is 1. The third kappa shape index (κ3) is 10.3. The zero-order valence-corrected chi connectivity index (χ0v) is 21.8. The second kappa shape index (κ2) is 15.9. The van der Waals surface area contributed by atoms with Gasteiger partial charge in [-0.1, -0.05) is 64.4 Å². The van der Waals surface area contributed by atoms with Crippen molar-refractivity contribution in [2.24, 2.45) is 23.3 Å². The average molecular weight is 506 g/mol. The van der Waals surface area contributed by atoms with Gasteiger partial charge < -0.3 is 32.5 Å². The minimum Gasteiger partial charge on any atom is -0.480 e. The number of amides is 3. The highest BCUT2D eigenvalue weighted by atomic mass is 16.4. The van der Waals surface area contributed by atoms with Gasteiger partial charge in [0.25, 0.3) is 0 Å². The van der Waals surface area contributed by atoms with Gasteiger partial charge in [0, 0.05) is 0 Å². The van der Waals surface area contributed by atoms with Gasteiger partial charge >= 0.3 is 5.97 Å². The molecule has 202 valence electrons. The molecule has 5 unspecified atom stereocenters. The fourth-order valence-corrected chi connectivity index (χ4v) is 3.71. The van der Waals surface area contributed by atoms with Crippen LogP contribution in [0.25, 0.3) is 0 Å². The van der Waals surface area contributed by atoms with Crippen molar-refractivity contribution in [2.75, 3.05) is 6.54 Å². The van der Waals surface area contributed by atoms with Gasteiger partial charge in [0.15, 0.2) is 0 Å². The molecule has 5 atom stereocenters. The summed E-state index contributed by atoms with van der Waals surface area (Å²) in [5.74, 6) is -3.26. The summed E-state index contributed by atoms with van der Waals surface area (Å²) in [7, 11) is 0. The van der Waals surface area contributed by atoms with Crippen molar-refractivity contribution in [3.8, 4) is 0 Å². The number of carboxylic acids is 1. The summed E-state index contributed by atoms with van der Waals surface area (Å²) in [4.78, 5) is 50.6. The van der Waals surface area contributed by atoms with E-state index in [0.717, 1.165) is 5.56 Å². The lowest BCUT2D eigenvalue weighted by molar-refractivity contribution is -0.143. The van der Waals surface area contributed by atoms with Crippen LogP contribution in [0.3, 0.4) is 0 Å². The zero-order valence-electron chi connectivity index (χ0n) is 21.8. The summed E-state index contributed by atoms with van der Waals surface area (Å²) in [6.45, 7) is 7.66. The molecule has 0 radical (unpaired) electrons. The Bertz CT molecular complexity index is 848. The maximum absolute atomic E-state index is 13.2. The molecule has 8 N–H and O–H groups in total. The number of hydrogen-bond acceptors (Lipinski definition) is 6. The van der Waals surface area contributed by atoms with Gasteiger partial charge in [-0.3, -0.25) is 14.4 Å². The van der Waals surface area contributed by atoms with Gasteiger partial charge in [-0.05, 0) is 49.6 Å². The average Bonchev–Trinajstić information content (AvgIpc) is 2.84. The summed E-state index contributed by atoms with van der Waals surface area (Å²) in [5, 5.41) is 17.5. The number of rotatable bonds is 16. The van der Waals surface area contributed by atoms with Crippen LogP contribution in [0, 0.1) is 11.8 Å². The molecule has 10 heteroatoms. The molecule has 36 heavy (non-hydrogen) atoms. The topological polar surface area (TPSA) is 177 Å². The Morgan fingerprint density at radius 2 is 1.47 bits per heavy atom. The minimum atomic E-state index is -1.15. The Balaban J connectivity index is 2.91. The molecule has 0 heterocycles. The number of benzene rings is 1. The molecule has 0 aliphatic carbocycles. The van der Waals surface area contributed by atoms with Crippen molar-refractivity contribution >= 4 is 23.7 Å². The summed E-state index contributed by atoms with van der Waals surface area (Å²) >= 11 is 0. The Labute approximate surface area is 213 Å². The highest BCUT2D eigenvalue weighted by Gasteiger charge is 2.33. The normalized spacial score (nSPS) is 15.3. The van der Waals surface area contributed by atoms with Crippen LogP contribution in [0.2, 0.25) is 0 Å². The van der Waals surface area contributed by atoms with Crippen LogP contribution in [0.5, 0.6) is 0 Å². The lowest BCUT2D eigenvalue weighted by Gasteiger charge is -2.29. The van der Waals surface area contributed by atoms with Crippen LogP contribution in [-0.2, 0) is 25.6 Å². The highest BCUT2D eigenvalue weighted by molar-refractivity contribution is 5.94. The lowest BCUT2D eigenvalue weighted by Crippen LogP contribution is -2.59. The van der Waals surface area contributed by atoms with Crippen LogP contribution in [-0.4, -0.2) is 59.5 Å². The molecule has 0 saturated heterocycles. The van der Waals surface area contributed by atoms with E-state index in [-0.39, 0.29) is 18.3 Å². The SMILES string of the molecule is CCC(C)C(NC(=O)C(N)Cc1ccccc1)C(=O)NC(C(=O)NC(CCCCN)C(=O)O)C(C)C. The van der Waals surface area contributed by atoms with E-state index in [2.05, 4.69) is 16.0 Å². The van der Waals surface area contributed by atoms with E-state index in [1.807, 2.05) is 44.2 Å². The number of carboxylic acid groups (broad SMARTS) is 1. The summed E-state index contributed by atoms with van der Waals surface area (Å²) in [5.41, 5.74) is 12.5. The number of nitrogens with two attached hydrogens (primary N) is 2. The van der Waals surface area contributed by atoms with Crippen molar-refractivity contribution in [1.82, 2.24) is 16.0 Å². The smallest absolute Gasteiger partial charge is 0.326 e. The molecular weight excluding hydrogens is 462 g/mol. The standard InChI is InChI=1S/C26H43N5O5/c1-5-17(4)22(31-23(32)19(28)15-18-11-7-6-8-12-18)25(34)30-21(16(2)3)24(33)29-20(26(35)36)13-9-10-14-27/h6-8,11-12,16-17,19-22H,5,9-10,13-15,27-28H2,1-4H3,(H,29,33)(H,30,34)(H,31,32)(H,35,36). The van der Waals surface area contributed by atoms with E-state index in [9.17, 15) is 24.3 Å². The summed E-state index contributed by atoms with van der Waals surface area (Å²) in [6.07, 6.45) is 2.36. The molecule has 1 aromatic rings. The molecule has 1 aromatic carbocycles. The fourth-order valence-electron chi connectivity index (χ4n) is 3.71. The van der Waals surface area contributed by atoms with Gasteiger partial charge in [-0.2, -0.15) is 0 Å². The van der Waals surface area contributed by atoms with Crippen LogP contribution in [0.4, 0.5) is 0 Å². The molecule has 0 aliphatic rings. The van der Waals surface area contributed by atoms with E-state index in [1.165, 1.54) is 0 Å². The van der Waals surface area contributed by atoms with E-state index in [0.29, 0.717) is 32.2 Å². The van der Waals surface area contributed by atoms with Crippen molar-refractivity contribution in [1.29, 1.82) is 0 Å². The molecule has 0 aliphatic heterocycles. The van der Waals surface area contributed by atoms with Crippen LogP contribution >= 0.6 is 0 Å². The molecule has 3 amide bonds. The maximum Gasteiger partial charge on any atom is 0.326 e. The van der Waals surface area contributed by atoms with Crippen molar-refractivity contribution in [2.45, 2.75) is 84.0 Å². The first-order valence-corrected chi connectivity index (χ1v) is 12.6. The van der Waals surface area contributed by atoms with Gasteiger partial charge in [0.05, 0.1) is 6.04 Å². The summed E-state index contributed by atoms with van der Waals surface area (Å²) < 4.78 is 0. The fraction of sp³-hybridized carbons (Fsp3) is 0.615. The van der Waals surface area contributed by atoms with Gasteiger partial charge in [0.2, 0.25) is 17.7 Å². The number of hydrogen-bond donors (Lipinski definition) is 6. The molecule has 10 nitrogen and oxygen atoms in total. The van der Waals surface area contributed by atoms with E-state index >= 15 is 0 Å². The Hall–Kier alpha value is -2.98. The van der Waals surface area contributed by atoms with Crippen LogP contribution < -0.4 is 27.4 Å². The predicted molar refractivity (Wildman–Crippen MR) is 139 cm³/mol. The van der Waals surface area contributed by atoms with Gasteiger partial charge in [-0.25, -0.2) is 4.79 Å². The number of unbranched alkanes of at least 4 members (excludes halogenated alkanes) is 1. The minimum absolute atomic E-state index is 0.225. The van der Waals surface area contributed by atoms with Crippen molar-refractivity contribution in [3.05, 3.63) is 35.9 Å². The quantitative estimate of drug-likeness (QED) is 0.181. The predicted octanol–water partition coefficient (Wildman–Crippen LogP) is 0.927. The maximum atomic E-state index is 13.2. The lowest BCUT2D eigenvalue weighted by atomic mass is 9.95. The van der Waals surface area contributed by atoms with Gasteiger partial charge in [0.1, 0.15) is 18.1 Å². The zero-order chi connectivity index (χ0) is 27.3. The second-order valence-electron chi connectivity index (χ2n) is 9.58. The van der Waals surface area contributed by atoms with Gasteiger partial charge in [-0.15, -0.1) is 0 Å². The molecule has 0 fully saturated rings. The largest absolute Gasteiger partial charge is 0.480 e. The summed E-state index contributed by atoms with van der Waals surface area (Å²) in [6, 6.07) is 5.53.